The zero-order valence-corrected chi connectivity index (χ0v) is 14.0. The molecule has 0 aliphatic heterocycles. The van der Waals surface area contributed by atoms with Crippen LogP contribution in [0.4, 0.5) is 13.2 Å². The Morgan fingerprint density at radius 1 is 1.19 bits per heavy atom. The number of benzene rings is 1. The molecule has 0 fully saturated rings. The van der Waals surface area contributed by atoms with Gasteiger partial charge in [-0.25, -0.2) is 4.98 Å². The van der Waals surface area contributed by atoms with Gasteiger partial charge in [-0.1, -0.05) is 18.7 Å². The highest BCUT2D eigenvalue weighted by Gasteiger charge is 2.30. The third-order valence-corrected chi connectivity index (χ3v) is 3.74. The fourth-order valence-corrected chi connectivity index (χ4v) is 2.42. The molecule has 3 rings (SSSR count). The number of fused-ring (bicyclic) bond motifs is 1. The second-order valence-corrected chi connectivity index (χ2v) is 5.53. The van der Waals surface area contributed by atoms with Crippen LogP contribution in [0.5, 0.6) is 11.6 Å². The lowest BCUT2D eigenvalue weighted by molar-refractivity contribution is -0.137. The van der Waals surface area contributed by atoms with Crippen molar-refractivity contribution in [2.45, 2.75) is 12.7 Å². The zero-order valence-electron chi connectivity index (χ0n) is 14.0. The maximum atomic E-state index is 12.6. The van der Waals surface area contributed by atoms with E-state index in [0.717, 1.165) is 23.1 Å². The lowest BCUT2D eigenvalue weighted by Crippen LogP contribution is -2.20. The van der Waals surface area contributed by atoms with Gasteiger partial charge in [0.1, 0.15) is 5.52 Å². The summed E-state index contributed by atoms with van der Waals surface area (Å²) >= 11 is 0. The van der Waals surface area contributed by atoms with Crippen LogP contribution in [0.15, 0.2) is 61.4 Å². The Kier molecular flexibility index (Phi) is 5.07. The molecule has 0 aliphatic rings. The van der Waals surface area contributed by atoms with Crippen molar-refractivity contribution in [3.63, 3.8) is 0 Å². The second kappa shape index (κ2) is 7.45. The van der Waals surface area contributed by atoms with Crippen LogP contribution in [-0.4, -0.2) is 15.9 Å². The van der Waals surface area contributed by atoms with Crippen molar-refractivity contribution in [3.8, 4) is 11.6 Å². The van der Waals surface area contributed by atoms with Crippen molar-refractivity contribution < 1.29 is 22.7 Å². The van der Waals surface area contributed by atoms with Crippen LogP contribution in [0.3, 0.4) is 0 Å². The van der Waals surface area contributed by atoms with Gasteiger partial charge in [-0.05, 0) is 29.8 Å². The van der Waals surface area contributed by atoms with Gasteiger partial charge in [-0.3, -0.25) is 9.78 Å². The van der Waals surface area contributed by atoms with Gasteiger partial charge in [-0.15, -0.1) is 0 Å². The molecule has 27 heavy (non-hydrogen) atoms. The molecule has 3 aromatic rings. The maximum absolute atomic E-state index is 12.6. The van der Waals surface area contributed by atoms with E-state index in [2.05, 4.69) is 21.9 Å². The van der Waals surface area contributed by atoms with Gasteiger partial charge < -0.3 is 10.1 Å². The monoisotopic (exact) mass is 373 g/mol. The first kappa shape index (κ1) is 18.4. The molecule has 138 valence electrons. The molecule has 0 spiro atoms. The molecule has 1 N–H and O–H groups in total. The molecule has 5 nitrogen and oxygen atoms in total. The molecule has 0 bridgehead atoms. The molecular formula is C19H14F3N3O2. The summed E-state index contributed by atoms with van der Waals surface area (Å²) in [6, 6.07) is 8.97. The fourth-order valence-electron chi connectivity index (χ4n) is 2.42. The predicted molar refractivity (Wildman–Crippen MR) is 93.1 cm³/mol. The molecule has 0 saturated heterocycles. The standard InChI is InChI=1S/C19H14F3N3O2/c1-2-16(26)24-10-12-5-7-15(18-14(12)4-3-9-23-18)27-17-8-6-13(11-25-17)19(20,21)22/h2-9,11H,1,10H2,(H,24,26). The van der Waals surface area contributed by atoms with Gasteiger partial charge in [0.05, 0.1) is 5.56 Å². The molecule has 0 atom stereocenters. The van der Waals surface area contributed by atoms with Crippen molar-refractivity contribution in [1.29, 1.82) is 0 Å². The number of hydrogen-bond donors (Lipinski definition) is 1. The fraction of sp³-hybridized carbons (Fsp3) is 0.105. The Bertz CT molecular complexity index is 986. The summed E-state index contributed by atoms with van der Waals surface area (Å²) < 4.78 is 43.5. The number of hydrogen-bond acceptors (Lipinski definition) is 4. The number of carbonyl (C=O) groups is 1. The number of aromatic nitrogens is 2. The molecular weight excluding hydrogens is 359 g/mol. The van der Waals surface area contributed by atoms with E-state index in [1.54, 1.807) is 24.4 Å². The number of pyridine rings is 2. The Hall–Kier alpha value is -3.42. The average Bonchev–Trinajstić information content (AvgIpc) is 2.67. The topological polar surface area (TPSA) is 64.1 Å². The highest BCUT2D eigenvalue weighted by Crippen LogP contribution is 2.32. The van der Waals surface area contributed by atoms with Gasteiger partial charge in [-0.2, -0.15) is 13.2 Å². The summed E-state index contributed by atoms with van der Waals surface area (Å²) in [5.41, 5.74) is 0.455. The number of carbonyl (C=O) groups excluding carboxylic acids is 1. The number of nitrogens with zero attached hydrogens (tertiary/aromatic N) is 2. The van der Waals surface area contributed by atoms with Crippen molar-refractivity contribution in [3.05, 3.63) is 72.6 Å². The average molecular weight is 373 g/mol. The Morgan fingerprint density at radius 3 is 2.67 bits per heavy atom. The Labute approximate surface area is 152 Å². The quantitative estimate of drug-likeness (QED) is 0.680. The summed E-state index contributed by atoms with van der Waals surface area (Å²) in [6.45, 7) is 3.67. The van der Waals surface area contributed by atoms with Gasteiger partial charge in [0.15, 0.2) is 5.75 Å². The summed E-state index contributed by atoms with van der Waals surface area (Å²) in [6.07, 6.45) is -1.00. The molecule has 0 radical (unpaired) electrons. The first-order valence-corrected chi connectivity index (χ1v) is 7.86. The number of ether oxygens (including phenoxy) is 1. The summed E-state index contributed by atoms with van der Waals surface area (Å²) in [7, 11) is 0. The van der Waals surface area contributed by atoms with E-state index in [9.17, 15) is 18.0 Å². The molecule has 1 amide bonds. The largest absolute Gasteiger partial charge is 0.437 e. The van der Waals surface area contributed by atoms with Crippen molar-refractivity contribution in [2.75, 3.05) is 0 Å². The lowest BCUT2D eigenvalue weighted by atomic mass is 10.1. The minimum Gasteiger partial charge on any atom is -0.437 e. The van der Waals surface area contributed by atoms with Crippen LogP contribution < -0.4 is 10.1 Å². The van der Waals surface area contributed by atoms with E-state index < -0.39 is 11.7 Å². The van der Waals surface area contributed by atoms with Crippen LogP contribution in [0, 0.1) is 0 Å². The van der Waals surface area contributed by atoms with E-state index in [-0.39, 0.29) is 18.3 Å². The molecule has 2 heterocycles. The maximum Gasteiger partial charge on any atom is 0.417 e. The third-order valence-electron chi connectivity index (χ3n) is 3.74. The van der Waals surface area contributed by atoms with Crippen LogP contribution >= 0.6 is 0 Å². The van der Waals surface area contributed by atoms with Crippen LogP contribution in [0.2, 0.25) is 0 Å². The van der Waals surface area contributed by atoms with Crippen molar-refractivity contribution in [1.82, 2.24) is 15.3 Å². The first-order chi connectivity index (χ1) is 12.9. The summed E-state index contributed by atoms with van der Waals surface area (Å²) in [5, 5.41) is 3.43. The van der Waals surface area contributed by atoms with Crippen molar-refractivity contribution >= 4 is 16.8 Å². The first-order valence-electron chi connectivity index (χ1n) is 7.86. The molecule has 1 aromatic carbocycles. The van der Waals surface area contributed by atoms with E-state index in [1.165, 1.54) is 6.08 Å². The molecule has 0 saturated carbocycles. The Morgan fingerprint density at radius 2 is 2.00 bits per heavy atom. The smallest absolute Gasteiger partial charge is 0.417 e. The molecule has 8 heteroatoms. The van der Waals surface area contributed by atoms with E-state index in [4.69, 9.17) is 4.74 Å². The van der Waals surface area contributed by atoms with Gasteiger partial charge >= 0.3 is 6.18 Å². The van der Waals surface area contributed by atoms with E-state index in [1.807, 2.05) is 6.07 Å². The normalized spacial score (nSPS) is 11.2. The minimum atomic E-state index is -4.46. The number of amides is 1. The number of alkyl halides is 3. The summed E-state index contributed by atoms with van der Waals surface area (Å²) in [5.74, 6) is 0.0561. The molecule has 2 aromatic heterocycles. The molecule has 0 aliphatic carbocycles. The van der Waals surface area contributed by atoms with Gasteiger partial charge in [0.2, 0.25) is 11.8 Å². The van der Waals surface area contributed by atoms with Crippen LogP contribution in [0.1, 0.15) is 11.1 Å². The van der Waals surface area contributed by atoms with E-state index in [0.29, 0.717) is 17.5 Å². The highest BCUT2D eigenvalue weighted by atomic mass is 19.4. The van der Waals surface area contributed by atoms with E-state index >= 15 is 0 Å². The zero-order chi connectivity index (χ0) is 19.4. The summed E-state index contributed by atoms with van der Waals surface area (Å²) in [4.78, 5) is 19.3. The number of halogens is 3. The number of rotatable bonds is 5. The van der Waals surface area contributed by atoms with Crippen LogP contribution in [0.25, 0.3) is 10.9 Å². The molecule has 0 unspecified atom stereocenters. The predicted octanol–water partition coefficient (Wildman–Crippen LogP) is 4.24. The van der Waals surface area contributed by atoms with Crippen LogP contribution in [-0.2, 0) is 17.5 Å². The van der Waals surface area contributed by atoms with Gasteiger partial charge in [0, 0.05) is 30.4 Å². The minimum absolute atomic E-state index is 0.0164. The Balaban J connectivity index is 1.89. The number of nitrogens with one attached hydrogen (secondary N) is 1. The highest BCUT2D eigenvalue weighted by molar-refractivity contribution is 5.89. The van der Waals surface area contributed by atoms with Gasteiger partial charge in [0.25, 0.3) is 0 Å². The second-order valence-electron chi connectivity index (χ2n) is 5.53. The SMILES string of the molecule is C=CC(=O)NCc1ccc(Oc2ccc(C(F)(F)F)cn2)c2ncccc12. The lowest BCUT2D eigenvalue weighted by Gasteiger charge is -2.12. The van der Waals surface area contributed by atoms with Crippen molar-refractivity contribution in [2.24, 2.45) is 0 Å². The third kappa shape index (κ3) is 4.22.